The van der Waals surface area contributed by atoms with Crippen LogP contribution in [0.2, 0.25) is 0 Å². The van der Waals surface area contributed by atoms with Gasteiger partial charge in [-0.15, -0.1) is 0 Å². The fourth-order valence-corrected chi connectivity index (χ4v) is 5.31. The SMILES string of the molecule is CCCCCCCO[C@H]1O[C@H]([C@@H](CN2CCCC2)OC(=O)Nc2ccc([N+](=O)[O-])cc2)[C@@H]2OC(C)(C)O[C@H]12. The predicted octanol–water partition coefficient (Wildman–Crippen LogP) is 4.84. The number of benzene rings is 1. The Balaban J connectivity index is 1.42. The summed E-state index contributed by atoms with van der Waals surface area (Å²) >= 11 is 0. The summed E-state index contributed by atoms with van der Waals surface area (Å²) in [5.74, 6) is -0.806. The molecule has 0 bridgehead atoms. The van der Waals surface area contributed by atoms with E-state index in [2.05, 4.69) is 17.1 Å². The molecule has 1 N–H and O–H groups in total. The summed E-state index contributed by atoms with van der Waals surface area (Å²) < 4.78 is 30.8. The van der Waals surface area contributed by atoms with E-state index in [0.717, 1.165) is 38.8 Å². The van der Waals surface area contributed by atoms with Crippen LogP contribution in [0.1, 0.15) is 65.7 Å². The molecule has 1 amide bonds. The van der Waals surface area contributed by atoms with Gasteiger partial charge in [-0.2, -0.15) is 0 Å². The summed E-state index contributed by atoms with van der Waals surface area (Å²) in [6.07, 6.45) is 4.47. The molecule has 0 aromatic heterocycles. The van der Waals surface area contributed by atoms with Gasteiger partial charge in [-0.05, 0) is 58.3 Å². The van der Waals surface area contributed by atoms with Crippen LogP contribution in [0.25, 0.3) is 0 Å². The molecule has 3 fully saturated rings. The maximum Gasteiger partial charge on any atom is 0.412 e. The summed E-state index contributed by atoms with van der Waals surface area (Å²) in [7, 11) is 0. The average molecular weight is 536 g/mol. The van der Waals surface area contributed by atoms with Crippen LogP contribution in [0, 0.1) is 10.1 Å². The van der Waals surface area contributed by atoms with Crippen LogP contribution in [0.3, 0.4) is 0 Å². The number of anilines is 1. The van der Waals surface area contributed by atoms with Crippen molar-refractivity contribution in [2.45, 2.75) is 102 Å². The molecule has 0 unspecified atom stereocenters. The topological polar surface area (TPSA) is 122 Å². The lowest BCUT2D eigenvalue weighted by molar-refractivity contribution is -0.384. The van der Waals surface area contributed by atoms with Crippen molar-refractivity contribution in [1.29, 1.82) is 0 Å². The highest BCUT2D eigenvalue weighted by atomic mass is 16.8. The monoisotopic (exact) mass is 535 g/mol. The lowest BCUT2D eigenvalue weighted by atomic mass is 10.1. The van der Waals surface area contributed by atoms with Gasteiger partial charge in [0.05, 0.1) is 4.92 Å². The summed E-state index contributed by atoms with van der Waals surface area (Å²) in [5.41, 5.74) is 0.343. The van der Waals surface area contributed by atoms with Gasteiger partial charge in [-0.25, -0.2) is 4.79 Å². The first-order valence-electron chi connectivity index (χ1n) is 13.8. The molecular formula is C27H41N3O8. The van der Waals surface area contributed by atoms with Crippen molar-refractivity contribution in [1.82, 2.24) is 4.90 Å². The Bertz CT molecular complexity index is 921. The van der Waals surface area contributed by atoms with Crippen LogP contribution in [0.4, 0.5) is 16.2 Å². The number of carbonyl (C=O) groups excluding carboxylic acids is 1. The predicted molar refractivity (Wildman–Crippen MR) is 140 cm³/mol. The minimum absolute atomic E-state index is 0.0568. The molecule has 11 heteroatoms. The van der Waals surface area contributed by atoms with E-state index in [1.165, 1.54) is 43.5 Å². The molecule has 11 nitrogen and oxygen atoms in total. The van der Waals surface area contributed by atoms with Gasteiger partial charge in [0, 0.05) is 31.0 Å². The van der Waals surface area contributed by atoms with Crippen molar-refractivity contribution in [3.8, 4) is 0 Å². The summed E-state index contributed by atoms with van der Waals surface area (Å²) in [4.78, 5) is 25.6. The fraction of sp³-hybridized carbons (Fsp3) is 0.741. The van der Waals surface area contributed by atoms with Crippen molar-refractivity contribution in [2.75, 3.05) is 31.6 Å². The lowest BCUT2D eigenvalue weighted by Crippen LogP contribution is -2.47. The van der Waals surface area contributed by atoms with Crippen molar-refractivity contribution in [2.24, 2.45) is 0 Å². The molecular weight excluding hydrogens is 494 g/mol. The number of non-ortho nitro benzene ring substituents is 1. The number of carbonyl (C=O) groups is 1. The maximum atomic E-state index is 12.9. The molecule has 3 aliphatic heterocycles. The summed E-state index contributed by atoms with van der Waals surface area (Å²) in [5, 5.41) is 13.6. The zero-order valence-corrected chi connectivity index (χ0v) is 22.6. The third kappa shape index (κ3) is 7.63. The highest BCUT2D eigenvalue weighted by molar-refractivity contribution is 5.84. The molecule has 0 spiro atoms. The number of rotatable bonds is 13. The second-order valence-corrected chi connectivity index (χ2v) is 10.7. The molecule has 3 saturated heterocycles. The number of ether oxygens (including phenoxy) is 5. The van der Waals surface area contributed by atoms with E-state index in [4.69, 9.17) is 23.7 Å². The number of hydrogen-bond acceptors (Lipinski definition) is 9. The van der Waals surface area contributed by atoms with Crippen LogP contribution < -0.4 is 5.32 Å². The minimum Gasteiger partial charge on any atom is -0.442 e. The Kier molecular flexibility index (Phi) is 9.94. The van der Waals surface area contributed by atoms with E-state index < -0.39 is 47.5 Å². The van der Waals surface area contributed by atoms with Crippen LogP contribution >= 0.6 is 0 Å². The van der Waals surface area contributed by atoms with Gasteiger partial charge in [-0.1, -0.05) is 32.6 Å². The van der Waals surface area contributed by atoms with E-state index >= 15 is 0 Å². The number of unbranched alkanes of at least 4 members (excludes halogenated alkanes) is 4. The van der Waals surface area contributed by atoms with Crippen LogP contribution in [-0.4, -0.2) is 78.7 Å². The Morgan fingerprint density at radius 1 is 1.13 bits per heavy atom. The molecule has 38 heavy (non-hydrogen) atoms. The number of likely N-dealkylation sites (tertiary alicyclic amines) is 1. The fourth-order valence-electron chi connectivity index (χ4n) is 5.31. The van der Waals surface area contributed by atoms with Crippen molar-refractivity contribution < 1.29 is 33.4 Å². The number of amides is 1. The van der Waals surface area contributed by atoms with Crippen LogP contribution in [0.15, 0.2) is 24.3 Å². The molecule has 1 aromatic rings. The van der Waals surface area contributed by atoms with E-state index in [1.54, 1.807) is 0 Å². The maximum absolute atomic E-state index is 12.9. The highest BCUT2D eigenvalue weighted by Crippen LogP contribution is 2.41. The average Bonchev–Trinajstić information content (AvgIpc) is 3.57. The first-order chi connectivity index (χ1) is 18.3. The first-order valence-corrected chi connectivity index (χ1v) is 13.8. The third-order valence-corrected chi connectivity index (χ3v) is 7.16. The standard InChI is InChI=1S/C27H41N3O8/c1-4-5-6-7-10-17-34-25-24-23(37-27(2,3)38-24)22(36-25)21(18-29-15-8-9-16-29)35-26(31)28-19-11-13-20(14-12-19)30(32)33/h11-14,21-25H,4-10,15-18H2,1-3H3,(H,28,31)/t21-,22-,23+,24+,25+/m1/s1. The largest absolute Gasteiger partial charge is 0.442 e. The van der Waals surface area contributed by atoms with Crippen molar-refractivity contribution in [3.63, 3.8) is 0 Å². The minimum atomic E-state index is -0.806. The lowest BCUT2D eigenvalue weighted by Gasteiger charge is -2.31. The van der Waals surface area contributed by atoms with Gasteiger partial charge in [-0.3, -0.25) is 20.3 Å². The zero-order chi connectivity index (χ0) is 27.1. The second kappa shape index (κ2) is 13.2. The van der Waals surface area contributed by atoms with Crippen LogP contribution in [0.5, 0.6) is 0 Å². The normalized spacial score (nSPS) is 27.2. The second-order valence-electron chi connectivity index (χ2n) is 10.7. The van der Waals surface area contributed by atoms with Gasteiger partial charge >= 0.3 is 6.09 Å². The van der Waals surface area contributed by atoms with E-state index in [0.29, 0.717) is 18.8 Å². The molecule has 5 atom stereocenters. The number of nitrogens with one attached hydrogen (secondary N) is 1. The highest BCUT2D eigenvalue weighted by Gasteiger charge is 2.58. The first kappa shape index (κ1) is 28.7. The number of nitro groups is 1. The van der Waals surface area contributed by atoms with Gasteiger partial charge < -0.3 is 23.7 Å². The summed E-state index contributed by atoms with van der Waals surface area (Å²) in [6.45, 7) is 8.82. The van der Waals surface area contributed by atoms with E-state index in [-0.39, 0.29) is 5.69 Å². The number of nitro benzene ring substituents is 1. The van der Waals surface area contributed by atoms with Gasteiger partial charge in [0.15, 0.2) is 12.1 Å². The van der Waals surface area contributed by atoms with E-state index in [1.807, 2.05) is 13.8 Å². The van der Waals surface area contributed by atoms with Gasteiger partial charge in [0.25, 0.3) is 5.69 Å². The Hall–Kier alpha value is -2.31. The van der Waals surface area contributed by atoms with Crippen LogP contribution in [-0.2, 0) is 23.7 Å². The number of fused-ring (bicyclic) bond motifs is 1. The van der Waals surface area contributed by atoms with Gasteiger partial charge in [0.2, 0.25) is 0 Å². The third-order valence-electron chi connectivity index (χ3n) is 7.16. The molecule has 4 rings (SSSR count). The molecule has 3 aliphatic rings. The Labute approximate surface area is 224 Å². The molecule has 0 saturated carbocycles. The van der Waals surface area contributed by atoms with Gasteiger partial charge in [0.1, 0.15) is 24.4 Å². The number of nitrogens with zero attached hydrogens (tertiary/aromatic N) is 2. The zero-order valence-electron chi connectivity index (χ0n) is 22.6. The van der Waals surface area contributed by atoms with Crippen molar-refractivity contribution >= 4 is 17.5 Å². The molecule has 0 radical (unpaired) electrons. The Morgan fingerprint density at radius 3 is 2.50 bits per heavy atom. The molecule has 212 valence electrons. The van der Waals surface area contributed by atoms with E-state index in [9.17, 15) is 14.9 Å². The quantitative estimate of drug-likeness (QED) is 0.215. The summed E-state index contributed by atoms with van der Waals surface area (Å²) in [6, 6.07) is 5.60. The smallest absolute Gasteiger partial charge is 0.412 e. The molecule has 0 aliphatic carbocycles. The van der Waals surface area contributed by atoms with Crippen molar-refractivity contribution in [3.05, 3.63) is 34.4 Å². The molecule has 1 aromatic carbocycles. The Morgan fingerprint density at radius 2 is 1.82 bits per heavy atom. The molecule has 3 heterocycles. The number of hydrogen-bond donors (Lipinski definition) is 1.